The molecular formula is C25H27ClN4O3S. The quantitative estimate of drug-likeness (QED) is 0.458. The number of carbonyl (C=O) groups is 1. The second-order valence-electron chi connectivity index (χ2n) is 9.13. The fourth-order valence-electron chi connectivity index (χ4n) is 4.60. The molecule has 0 radical (unpaired) electrons. The number of halogens is 1. The summed E-state index contributed by atoms with van der Waals surface area (Å²) in [6.07, 6.45) is 6.16. The van der Waals surface area contributed by atoms with Crippen LogP contribution >= 0.6 is 11.6 Å². The lowest BCUT2D eigenvalue weighted by Gasteiger charge is -2.22. The molecule has 2 fully saturated rings. The third-order valence-corrected chi connectivity index (χ3v) is 8.43. The van der Waals surface area contributed by atoms with Gasteiger partial charge in [-0.05, 0) is 74.0 Å². The van der Waals surface area contributed by atoms with Crippen LogP contribution in [-0.2, 0) is 14.8 Å². The summed E-state index contributed by atoms with van der Waals surface area (Å²) in [4.78, 5) is 17.1. The van der Waals surface area contributed by atoms with Gasteiger partial charge >= 0.3 is 0 Å². The van der Waals surface area contributed by atoms with Crippen molar-refractivity contribution >= 4 is 44.0 Å². The number of hydrogen-bond acceptors (Lipinski definition) is 5. The first-order valence-corrected chi connectivity index (χ1v) is 13.4. The molecule has 178 valence electrons. The number of sulfonamides is 1. The normalized spacial score (nSPS) is 22.4. The van der Waals surface area contributed by atoms with E-state index in [4.69, 9.17) is 11.6 Å². The average Bonchev–Trinajstić information content (AvgIpc) is 3.65. The Morgan fingerprint density at radius 2 is 1.97 bits per heavy atom. The van der Waals surface area contributed by atoms with Crippen molar-refractivity contribution in [1.82, 2.24) is 15.0 Å². The van der Waals surface area contributed by atoms with Crippen LogP contribution in [0.2, 0.25) is 5.02 Å². The lowest BCUT2D eigenvalue weighted by Crippen LogP contribution is -2.38. The fraction of sp³-hybridized carbons (Fsp3) is 0.360. The van der Waals surface area contributed by atoms with Crippen LogP contribution in [0.25, 0.3) is 10.8 Å². The molecular weight excluding hydrogens is 472 g/mol. The molecule has 0 spiro atoms. The third kappa shape index (κ3) is 5.10. The van der Waals surface area contributed by atoms with Gasteiger partial charge in [0, 0.05) is 41.3 Å². The van der Waals surface area contributed by atoms with Crippen molar-refractivity contribution in [3.63, 3.8) is 0 Å². The standard InChI is InChI=1S/C25H27ClN4O3S/c26-24-15-28-14-18-3-6-19(10-22(18)24)30-25(31)23-11-21(23)17-4-7-20(8-5-17)34(32,33)29-13-16-2-1-9-27-12-16/h3-8,10,14-16,21,23,27,29H,1-2,9,11-13H2,(H,30,31)/t16-,21?,23?/m1/s1. The highest BCUT2D eigenvalue weighted by Crippen LogP contribution is 2.48. The number of benzene rings is 2. The molecule has 2 heterocycles. The van der Waals surface area contributed by atoms with Crippen LogP contribution in [0.3, 0.4) is 0 Å². The summed E-state index contributed by atoms with van der Waals surface area (Å²) < 4.78 is 28.0. The first-order chi connectivity index (χ1) is 16.4. The Bertz CT molecular complexity index is 1310. The monoisotopic (exact) mass is 498 g/mol. The molecule has 7 nitrogen and oxygen atoms in total. The van der Waals surface area contributed by atoms with E-state index in [1.807, 2.05) is 30.3 Å². The molecule has 3 N–H and O–H groups in total. The number of nitrogens with zero attached hydrogens (tertiary/aromatic N) is 1. The predicted molar refractivity (Wildman–Crippen MR) is 133 cm³/mol. The zero-order valence-corrected chi connectivity index (χ0v) is 20.2. The topological polar surface area (TPSA) is 100 Å². The highest BCUT2D eigenvalue weighted by molar-refractivity contribution is 7.89. The number of fused-ring (bicyclic) bond motifs is 1. The Balaban J connectivity index is 1.19. The maximum Gasteiger partial charge on any atom is 0.240 e. The highest BCUT2D eigenvalue weighted by atomic mass is 35.5. The number of rotatable bonds is 7. The first-order valence-electron chi connectivity index (χ1n) is 11.6. The maximum atomic E-state index is 12.8. The van der Waals surface area contributed by atoms with Crippen molar-refractivity contribution in [1.29, 1.82) is 0 Å². The molecule has 34 heavy (non-hydrogen) atoms. The summed E-state index contributed by atoms with van der Waals surface area (Å²) in [5.41, 5.74) is 1.67. The average molecular weight is 499 g/mol. The van der Waals surface area contributed by atoms with Crippen molar-refractivity contribution in [3.8, 4) is 0 Å². The Kier molecular flexibility index (Phi) is 6.57. The summed E-state index contributed by atoms with van der Waals surface area (Å²) in [6.45, 7) is 2.29. The van der Waals surface area contributed by atoms with Gasteiger partial charge in [0.2, 0.25) is 15.9 Å². The summed E-state index contributed by atoms with van der Waals surface area (Å²) in [5, 5.41) is 8.57. The molecule has 2 aromatic carbocycles. The van der Waals surface area contributed by atoms with Crippen LogP contribution in [0, 0.1) is 11.8 Å². The van der Waals surface area contributed by atoms with Crippen LogP contribution in [0.5, 0.6) is 0 Å². The van der Waals surface area contributed by atoms with Gasteiger partial charge in [0.1, 0.15) is 0 Å². The molecule has 1 aromatic heterocycles. The molecule has 2 aliphatic rings. The van der Waals surface area contributed by atoms with E-state index in [-0.39, 0.29) is 22.6 Å². The third-order valence-electron chi connectivity index (χ3n) is 6.69. The van der Waals surface area contributed by atoms with E-state index < -0.39 is 10.0 Å². The van der Waals surface area contributed by atoms with Gasteiger partial charge in [0.05, 0.1) is 9.92 Å². The van der Waals surface area contributed by atoms with Gasteiger partial charge in [0.15, 0.2) is 0 Å². The van der Waals surface area contributed by atoms with E-state index in [1.165, 1.54) is 0 Å². The van der Waals surface area contributed by atoms with Gasteiger partial charge in [-0.25, -0.2) is 13.1 Å². The Labute approximate surface area is 204 Å². The predicted octanol–water partition coefficient (Wildman–Crippen LogP) is 3.91. The molecule has 2 unspecified atom stereocenters. The highest BCUT2D eigenvalue weighted by Gasteiger charge is 2.44. The second-order valence-corrected chi connectivity index (χ2v) is 11.3. The van der Waals surface area contributed by atoms with Crippen LogP contribution in [0.4, 0.5) is 5.69 Å². The van der Waals surface area contributed by atoms with Crippen molar-refractivity contribution in [2.75, 3.05) is 25.0 Å². The number of amides is 1. The molecule has 1 saturated heterocycles. The molecule has 1 amide bonds. The number of anilines is 1. The molecule has 9 heteroatoms. The summed E-state index contributed by atoms with van der Waals surface area (Å²) in [7, 11) is -3.55. The Morgan fingerprint density at radius 1 is 1.15 bits per heavy atom. The zero-order valence-electron chi connectivity index (χ0n) is 18.6. The zero-order chi connectivity index (χ0) is 23.7. The van der Waals surface area contributed by atoms with E-state index in [1.54, 1.807) is 24.5 Å². The minimum Gasteiger partial charge on any atom is -0.326 e. The minimum absolute atomic E-state index is 0.0472. The van der Waals surface area contributed by atoms with Crippen LogP contribution < -0.4 is 15.4 Å². The van der Waals surface area contributed by atoms with E-state index >= 15 is 0 Å². The molecule has 1 aliphatic heterocycles. The number of pyridine rings is 1. The van der Waals surface area contributed by atoms with E-state index in [9.17, 15) is 13.2 Å². The minimum atomic E-state index is -3.55. The SMILES string of the molecule is O=C(Nc1ccc2cncc(Cl)c2c1)C1CC1c1ccc(S(=O)(=O)NC[C@@H]2CCCNC2)cc1. The molecule has 1 aliphatic carbocycles. The lowest BCUT2D eigenvalue weighted by molar-refractivity contribution is -0.117. The Morgan fingerprint density at radius 3 is 2.74 bits per heavy atom. The van der Waals surface area contributed by atoms with E-state index in [0.717, 1.165) is 48.7 Å². The largest absolute Gasteiger partial charge is 0.326 e. The van der Waals surface area contributed by atoms with Crippen LogP contribution in [0.15, 0.2) is 59.8 Å². The number of nitrogens with one attached hydrogen (secondary N) is 3. The molecule has 3 aromatic rings. The van der Waals surface area contributed by atoms with E-state index in [0.29, 0.717) is 23.2 Å². The Hall–Kier alpha value is -2.52. The lowest BCUT2D eigenvalue weighted by atomic mass is 10.0. The summed E-state index contributed by atoms with van der Waals surface area (Å²) >= 11 is 6.22. The van der Waals surface area contributed by atoms with Crippen molar-refractivity contribution in [2.24, 2.45) is 11.8 Å². The number of aromatic nitrogens is 1. The second kappa shape index (κ2) is 9.62. The van der Waals surface area contributed by atoms with E-state index in [2.05, 4.69) is 20.3 Å². The molecule has 1 saturated carbocycles. The van der Waals surface area contributed by atoms with Crippen molar-refractivity contribution in [2.45, 2.75) is 30.1 Å². The number of hydrogen-bond donors (Lipinski definition) is 3. The fourth-order valence-corrected chi connectivity index (χ4v) is 5.93. The smallest absolute Gasteiger partial charge is 0.240 e. The van der Waals surface area contributed by atoms with Crippen molar-refractivity contribution < 1.29 is 13.2 Å². The van der Waals surface area contributed by atoms with Crippen LogP contribution in [0.1, 0.15) is 30.7 Å². The summed E-state index contributed by atoms with van der Waals surface area (Å²) in [5.74, 6) is 0.229. The number of piperidine rings is 1. The molecule has 0 bridgehead atoms. The van der Waals surface area contributed by atoms with Gasteiger partial charge in [-0.15, -0.1) is 0 Å². The van der Waals surface area contributed by atoms with Crippen LogP contribution in [-0.4, -0.2) is 38.9 Å². The molecule has 3 atom stereocenters. The first kappa shape index (κ1) is 23.2. The van der Waals surface area contributed by atoms with Gasteiger partial charge in [-0.1, -0.05) is 29.8 Å². The maximum absolute atomic E-state index is 12.8. The van der Waals surface area contributed by atoms with Gasteiger partial charge in [-0.3, -0.25) is 9.78 Å². The van der Waals surface area contributed by atoms with Gasteiger partial charge in [-0.2, -0.15) is 0 Å². The summed E-state index contributed by atoms with van der Waals surface area (Å²) in [6, 6.07) is 12.5. The van der Waals surface area contributed by atoms with Gasteiger partial charge < -0.3 is 10.6 Å². The van der Waals surface area contributed by atoms with Gasteiger partial charge in [0.25, 0.3) is 0 Å². The molecule has 5 rings (SSSR count). The van der Waals surface area contributed by atoms with Crippen molar-refractivity contribution in [3.05, 3.63) is 65.4 Å². The number of carbonyl (C=O) groups excluding carboxylic acids is 1.